The summed E-state index contributed by atoms with van der Waals surface area (Å²) in [6.45, 7) is 3.85. The molecule has 0 bridgehead atoms. The summed E-state index contributed by atoms with van der Waals surface area (Å²) in [5, 5.41) is -0.183. The van der Waals surface area contributed by atoms with Crippen molar-refractivity contribution in [2.75, 3.05) is 0 Å². The van der Waals surface area contributed by atoms with Crippen molar-refractivity contribution in [3.8, 4) is 0 Å². The van der Waals surface area contributed by atoms with Crippen LogP contribution in [-0.2, 0) is 4.79 Å². The number of halogens is 1. The van der Waals surface area contributed by atoms with E-state index in [1.807, 2.05) is 38.1 Å². The number of carbonyl (C=O) groups is 2. The summed E-state index contributed by atoms with van der Waals surface area (Å²) < 4.78 is 0.908. The van der Waals surface area contributed by atoms with Gasteiger partial charge in [-0.1, -0.05) is 41.1 Å². The molecule has 1 aromatic carbocycles. The van der Waals surface area contributed by atoms with Gasteiger partial charge in [0.2, 0.25) is 0 Å². The lowest BCUT2D eigenvalue weighted by Gasteiger charge is -2.19. The number of amides is 2. The quantitative estimate of drug-likeness (QED) is 0.771. The third-order valence-electron chi connectivity index (χ3n) is 3.05. The van der Waals surface area contributed by atoms with Crippen molar-refractivity contribution in [3.63, 3.8) is 0 Å². The van der Waals surface area contributed by atoms with Crippen LogP contribution in [0.1, 0.15) is 25.8 Å². The Labute approximate surface area is 125 Å². The first-order valence-electron chi connectivity index (χ1n) is 6.06. The zero-order valence-electron chi connectivity index (χ0n) is 10.7. The molecular formula is C14H14BrNO2S. The van der Waals surface area contributed by atoms with E-state index in [-0.39, 0.29) is 17.2 Å². The zero-order valence-corrected chi connectivity index (χ0v) is 13.1. The van der Waals surface area contributed by atoms with Crippen LogP contribution in [0.3, 0.4) is 0 Å². The fraction of sp³-hybridized carbons (Fsp3) is 0.286. The molecule has 3 nitrogen and oxygen atoms in total. The highest BCUT2D eigenvalue weighted by atomic mass is 79.9. The average molecular weight is 340 g/mol. The smallest absolute Gasteiger partial charge is 0.268 e. The number of imide groups is 1. The van der Waals surface area contributed by atoms with Crippen molar-refractivity contribution in [2.45, 2.75) is 26.3 Å². The van der Waals surface area contributed by atoms with Crippen LogP contribution in [0.25, 0.3) is 6.08 Å². The van der Waals surface area contributed by atoms with E-state index in [0.717, 1.165) is 28.2 Å². The Morgan fingerprint density at radius 2 is 2.05 bits per heavy atom. The SMILES string of the molecule is CC[C@@H](C)N1C(=O)S/C(=C\c2ccccc2Br)C1=O. The van der Waals surface area contributed by atoms with Crippen LogP contribution in [0.4, 0.5) is 4.79 Å². The molecule has 5 heteroatoms. The van der Waals surface area contributed by atoms with Gasteiger partial charge in [-0.25, -0.2) is 0 Å². The molecule has 0 unspecified atom stereocenters. The van der Waals surface area contributed by atoms with Gasteiger partial charge in [-0.15, -0.1) is 0 Å². The van der Waals surface area contributed by atoms with E-state index in [2.05, 4.69) is 15.9 Å². The largest absolute Gasteiger partial charge is 0.293 e. The lowest BCUT2D eigenvalue weighted by atomic mass is 10.2. The molecule has 1 aliphatic heterocycles. The number of benzene rings is 1. The number of rotatable bonds is 3. The second kappa shape index (κ2) is 5.92. The summed E-state index contributed by atoms with van der Waals surface area (Å²) in [4.78, 5) is 25.9. The Balaban J connectivity index is 2.31. The molecule has 19 heavy (non-hydrogen) atoms. The molecule has 2 amide bonds. The second-order valence-electron chi connectivity index (χ2n) is 4.33. The molecule has 2 rings (SSSR count). The predicted molar refractivity (Wildman–Crippen MR) is 81.7 cm³/mol. The molecular weight excluding hydrogens is 326 g/mol. The van der Waals surface area contributed by atoms with Crippen LogP contribution in [0.5, 0.6) is 0 Å². The number of hydrogen-bond acceptors (Lipinski definition) is 3. The van der Waals surface area contributed by atoms with Gasteiger partial charge in [-0.05, 0) is 42.8 Å². The van der Waals surface area contributed by atoms with E-state index >= 15 is 0 Å². The lowest BCUT2D eigenvalue weighted by molar-refractivity contribution is -0.124. The number of thioether (sulfide) groups is 1. The fourth-order valence-electron chi connectivity index (χ4n) is 1.78. The molecule has 1 atom stereocenters. The highest BCUT2D eigenvalue weighted by Crippen LogP contribution is 2.35. The van der Waals surface area contributed by atoms with Gasteiger partial charge in [-0.2, -0.15) is 0 Å². The second-order valence-corrected chi connectivity index (χ2v) is 6.18. The van der Waals surface area contributed by atoms with Crippen LogP contribution in [0.2, 0.25) is 0 Å². The third kappa shape index (κ3) is 2.92. The van der Waals surface area contributed by atoms with E-state index in [4.69, 9.17) is 0 Å². The van der Waals surface area contributed by atoms with Gasteiger partial charge in [0.15, 0.2) is 0 Å². The lowest BCUT2D eigenvalue weighted by Crippen LogP contribution is -2.36. The first-order valence-corrected chi connectivity index (χ1v) is 7.67. The molecule has 1 heterocycles. The van der Waals surface area contributed by atoms with Gasteiger partial charge in [0.1, 0.15) is 0 Å². The maximum absolute atomic E-state index is 12.2. The molecule has 0 aromatic heterocycles. The predicted octanol–water partition coefficient (Wildman–Crippen LogP) is 4.28. The van der Waals surface area contributed by atoms with E-state index < -0.39 is 0 Å². The Bertz CT molecular complexity index is 556. The van der Waals surface area contributed by atoms with Gasteiger partial charge >= 0.3 is 0 Å². The molecule has 0 radical (unpaired) electrons. The van der Waals surface area contributed by atoms with Crippen molar-refractivity contribution in [1.29, 1.82) is 0 Å². The van der Waals surface area contributed by atoms with Crippen LogP contribution in [0.15, 0.2) is 33.6 Å². The maximum Gasteiger partial charge on any atom is 0.293 e. The van der Waals surface area contributed by atoms with Gasteiger partial charge in [0.25, 0.3) is 11.1 Å². The minimum absolute atomic E-state index is 0.0578. The highest BCUT2D eigenvalue weighted by molar-refractivity contribution is 9.10. The van der Waals surface area contributed by atoms with Crippen LogP contribution in [0, 0.1) is 0 Å². The maximum atomic E-state index is 12.2. The molecule has 100 valence electrons. The zero-order chi connectivity index (χ0) is 14.0. The Hall–Kier alpha value is -1.07. The van der Waals surface area contributed by atoms with Crippen molar-refractivity contribution in [3.05, 3.63) is 39.2 Å². The molecule has 0 saturated carbocycles. The summed E-state index contributed by atoms with van der Waals surface area (Å²) in [7, 11) is 0. The first kappa shape index (κ1) is 14.3. The van der Waals surface area contributed by atoms with Crippen molar-refractivity contribution < 1.29 is 9.59 Å². The van der Waals surface area contributed by atoms with Crippen LogP contribution >= 0.6 is 27.7 Å². The minimum atomic E-state index is -0.194. The Morgan fingerprint density at radius 3 is 2.68 bits per heavy atom. The third-order valence-corrected chi connectivity index (χ3v) is 4.65. The summed E-state index contributed by atoms with van der Waals surface area (Å²) in [6, 6.07) is 7.56. The molecule has 1 aliphatic rings. The molecule has 1 aromatic rings. The van der Waals surface area contributed by atoms with Crippen molar-refractivity contribution in [1.82, 2.24) is 4.90 Å². The monoisotopic (exact) mass is 339 g/mol. The van der Waals surface area contributed by atoms with E-state index in [1.165, 1.54) is 4.90 Å². The van der Waals surface area contributed by atoms with Gasteiger partial charge in [0, 0.05) is 10.5 Å². The normalized spacial score (nSPS) is 19.3. The Kier molecular flexibility index (Phi) is 4.47. The van der Waals surface area contributed by atoms with Gasteiger partial charge < -0.3 is 0 Å². The summed E-state index contributed by atoms with van der Waals surface area (Å²) in [5.41, 5.74) is 0.900. The topological polar surface area (TPSA) is 37.4 Å². The molecule has 0 N–H and O–H groups in total. The number of hydrogen-bond donors (Lipinski definition) is 0. The number of nitrogens with zero attached hydrogens (tertiary/aromatic N) is 1. The van der Waals surface area contributed by atoms with E-state index in [1.54, 1.807) is 6.08 Å². The molecule has 1 saturated heterocycles. The summed E-state index contributed by atoms with van der Waals surface area (Å²) in [5.74, 6) is -0.194. The summed E-state index contributed by atoms with van der Waals surface area (Å²) >= 11 is 4.44. The van der Waals surface area contributed by atoms with Crippen LogP contribution < -0.4 is 0 Å². The molecule has 0 spiro atoms. The molecule has 1 fully saturated rings. The van der Waals surface area contributed by atoms with Crippen molar-refractivity contribution in [2.24, 2.45) is 0 Å². The summed E-state index contributed by atoms with van der Waals surface area (Å²) in [6.07, 6.45) is 2.53. The highest BCUT2D eigenvalue weighted by Gasteiger charge is 2.37. The Morgan fingerprint density at radius 1 is 1.37 bits per heavy atom. The van der Waals surface area contributed by atoms with E-state index in [0.29, 0.717) is 4.91 Å². The van der Waals surface area contributed by atoms with Gasteiger partial charge in [-0.3, -0.25) is 14.5 Å². The van der Waals surface area contributed by atoms with E-state index in [9.17, 15) is 9.59 Å². The number of carbonyl (C=O) groups excluding carboxylic acids is 2. The minimum Gasteiger partial charge on any atom is -0.268 e. The fourth-order valence-corrected chi connectivity index (χ4v) is 3.10. The average Bonchev–Trinajstić information content (AvgIpc) is 2.66. The van der Waals surface area contributed by atoms with Gasteiger partial charge in [0.05, 0.1) is 4.91 Å². The first-order chi connectivity index (χ1) is 9.04. The van der Waals surface area contributed by atoms with Crippen LogP contribution in [-0.4, -0.2) is 22.1 Å². The van der Waals surface area contributed by atoms with Crippen molar-refractivity contribution >= 4 is 44.9 Å². The molecule has 0 aliphatic carbocycles. The standard InChI is InChI=1S/C14H14BrNO2S/c1-3-9(2)16-13(17)12(19-14(16)18)8-10-6-4-5-7-11(10)15/h4-9H,3H2,1-2H3/b12-8-/t9-/m1/s1.